The average Bonchev–Trinajstić information content (AvgIpc) is 2.60. The second kappa shape index (κ2) is 4.12. The molecular weight excluding hydrogens is 200 g/mol. The first kappa shape index (κ1) is 10.9. The molecule has 2 heterocycles. The van der Waals surface area contributed by atoms with Crippen molar-refractivity contribution in [1.29, 1.82) is 0 Å². The topological polar surface area (TPSA) is 54.5 Å². The standard InChI is InChI=1S/C12H18N4/c1-3-7-16-11(13)15-9-12(16,2)10-5-4-6-14-8-10/h4-6,8H,3,7,9H2,1-2H3,(H2,13,15). The van der Waals surface area contributed by atoms with E-state index in [1.54, 1.807) is 6.20 Å². The number of aromatic nitrogens is 1. The third kappa shape index (κ3) is 1.64. The van der Waals surface area contributed by atoms with E-state index in [1.165, 1.54) is 5.56 Å². The van der Waals surface area contributed by atoms with E-state index in [-0.39, 0.29) is 5.54 Å². The fourth-order valence-corrected chi connectivity index (χ4v) is 2.17. The van der Waals surface area contributed by atoms with Crippen molar-refractivity contribution in [2.45, 2.75) is 25.8 Å². The Bertz CT molecular complexity index is 387. The smallest absolute Gasteiger partial charge is 0.192 e. The summed E-state index contributed by atoms with van der Waals surface area (Å²) in [5.74, 6) is 0.646. The van der Waals surface area contributed by atoms with Crippen LogP contribution < -0.4 is 5.73 Å². The molecule has 0 saturated carbocycles. The lowest BCUT2D eigenvalue weighted by atomic mass is 9.92. The Hall–Kier alpha value is -1.58. The van der Waals surface area contributed by atoms with Gasteiger partial charge in [-0.15, -0.1) is 0 Å². The first-order valence-corrected chi connectivity index (χ1v) is 5.66. The number of pyridine rings is 1. The average molecular weight is 218 g/mol. The lowest BCUT2D eigenvalue weighted by Gasteiger charge is -2.36. The van der Waals surface area contributed by atoms with Crippen molar-refractivity contribution in [2.24, 2.45) is 10.7 Å². The van der Waals surface area contributed by atoms with E-state index >= 15 is 0 Å². The van der Waals surface area contributed by atoms with Crippen molar-refractivity contribution in [3.8, 4) is 0 Å². The van der Waals surface area contributed by atoms with Gasteiger partial charge >= 0.3 is 0 Å². The summed E-state index contributed by atoms with van der Waals surface area (Å²) in [6.45, 7) is 5.96. The van der Waals surface area contributed by atoms with Gasteiger partial charge in [0.25, 0.3) is 0 Å². The highest BCUT2D eigenvalue weighted by atomic mass is 15.3. The maximum absolute atomic E-state index is 5.93. The zero-order chi connectivity index (χ0) is 11.6. The maximum atomic E-state index is 5.93. The van der Waals surface area contributed by atoms with Crippen LogP contribution >= 0.6 is 0 Å². The zero-order valence-corrected chi connectivity index (χ0v) is 9.85. The molecular formula is C12H18N4. The first-order valence-electron chi connectivity index (χ1n) is 5.66. The predicted octanol–water partition coefficient (Wildman–Crippen LogP) is 1.34. The predicted molar refractivity (Wildman–Crippen MR) is 65.1 cm³/mol. The molecule has 4 heteroatoms. The number of rotatable bonds is 3. The molecule has 1 aromatic rings. The SMILES string of the molecule is CCCN1C(N)=NCC1(C)c1cccnc1. The van der Waals surface area contributed by atoms with Gasteiger partial charge in [0.05, 0.1) is 12.1 Å². The number of hydrogen-bond acceptors (Lipinski definition) is 4. The van der Waals surface area contributed by atoms with Gasteiger partial charge in [0.15, 0.2) is 5.96 Å². The molecule has 1 aliphatic heterocycles. The van der Waals surface area contributed by atoms with Crippen LogP contribution in [-0.4, -0.2) is 28.9 Å². The van der Waals surface area contributed by atoms with Gasteiger partial charge in [0, 0.05) is 18.9 Å². The molecule has 0 bridgehead atoms. The minimum Gasteiger partial charge on any atom is -0.370 e. The molecule has 0 aliphatic carbocycles. The summed E-state index contributed by atoms with van der Waals surface area (Å²) >= 11 is 0. The largest absolute Gasteiger partial charge is 0.370 e. The van der Waals surface area contributed by atoms with Crippen molar-refractivity contribution >= 4 is 5.96 Å². The van der Waals surface area contributed by atoms with Gasteiger partial charge < -0.3 is 10.6 Å². The van der Waals surface area contributed by atoms with Crippen LogP contribution in [0.25, 0.3) is 0 Å². The number of aliphatic imine (C=N–C) groups is 1. The molecule has 0 amide bonds. The van der Waals surface area contributed by atoms with Crippen molar-refractivity contribution in [1.82, 2.24) is 9.88 Å². The second-order valence-corrected chi connectivity index (χ2v) is 4.34. The highest BCUT2D eigenvalue weighted by molar-refractivity contribution is 5.81. The molecule has 2 N–H and O–H groups in total. The van der Waals surface area contributed by atoms with Gasteiger partial charge in [-0.2, -0.15) is 0 Å². The number of nitrogens with two attached hydrogens (primary N) is 1. The molecule has 0 aromatic carbocycles. The van der Waals surface area contributed by atoms with Crippen molar-refractivity contribution in [3.05, 3.63) is 30.1 Å². The van der Waals surface area contributed by atoms with Crippen LogP contribution in [0.2, 0.25) is 0 Å². The summed E-state index contributed by atoms with van der Waals surface area (Å²) in [6.07, 6.45) is 4.75. The molecule has 0 saturated heterocycles. The summed E-state index contributed by atoms with van der Waals surface area (Å²) in [5.41, 5.74) is 6.98. The van der Waals surface area contributed by atoms with Gasteiger partial charge in [-0.25, -0.2) is 0 Å². The van der Waals surface area contributed by atoms with Gasteiger partial charge in [-0.1, -0.05) is 13.0 Å². The molecule has 86 valence electrons. The molecule has 0 fully saturated rings. The lowest BCUT2D eigenvalue weighted by Crippen LogP contribution is -2.47. The van der Waals surface area contributed by atoms with Gasteiger partial charge in [0.2, 0.25) is 0 Å². The summed E-state index contributed by atoms with van der Waals surface area (Å²) in [5, 5.41) is 0. The zero-order valence-electron chi connectivity index (χ0n) is 9.85. The van der Waals surface area contributed by atoms with E-state index in [9.17, 15) is 0 Å². The maximum Gasteiger partial charge on any atom is 0.192 e. The van der Waals surface area contributed by atoms with E-state index < -0.39 is 0 Å². The molecule has 1 aromatic heterocycles. The third-order valence-electron chi connectivity index (χ3n) is 3.15. The quantitative estimate of drug-likeness (QED) is 0.833. The number of nitrogens with zero attached hydrogens (tertiary/aromatic N) is 3. The molecule has 1 unspecified atom stereocenters. The van der Waals surface area contributed by atoms with Crippen LogP contribution in [-0.2, 0) is 5.54 Å². The van der Waals surface area contributed by atoms with Crippen molar-refractivity contribution in [3.63, 3.8) is 0 Å². The van der Waals surface area contributed by atoms with Crippen LogP contribution in [0.5, 0.6) is 0 Å². The monoisotopic (exact) mass is 218 g/mol. The number of guanidine groups is 1. The van der Waals surface area contributed by atoms with Crippen LogP contribution in [0, 0.1) is 0 Å². The van der Waals surface area contributed by atoms with Crippen LogP contribution in [0.15, 0.2) is 29.5 Å². The molecule has 0 radical (unpaired) electrons. The molecule has 1 aliphatic rings. The molecule has 4 nitrogen and oxygen atoms in total. The Kier molecular flexibility index (Phi) is 2.81. The number of hydrogen-bond donors (Lipinski definition) is 1. The van der Waals surface area contributed by atoms with Gasteiger partial charge in [-0.05, 0) is 25.0 Å². The Morgan fingerprint density at radius 1 is 1.56 bits per heavy atom. The van der Waals surface area contributed by atoms with Gasteiger partial charge in [0.1, 0.15) is 0 Å². The van der Waals surface area contributed by atoms with E-state index in [2.05, 4.69) is 34.8 Å². The highest BCUT2D eigenvalue weighted by Gasteiger charge is 2.38. The minimum absolute atomic E-state index is 0.131. The summed E-state index contributed by atoms with van der Waals surface area (Å²) in [6, 6.07) is 4.04. The lowest BCUT2D eigenvalue weighted by molar-refractivity contribution is 0.224. The van der Waals surface area contributed by atoms with Crippen molar-refractivity contribution < 1.29 is 0 Å². The second-order valence-electron chi connectivity index (χ2n) is 4.34. The van der Waals surface area contributed by atoms with Gasteiger partial charge in [-0.3, -0.25) is 9.98 Å². The Morgan fingerprint density at radius 2 is 2.38 bits per heavy atom. The Balaban J connectivity index is 2.32. The Labute approximate surface area is 96.2 Å². The Morgan fingerprint density at radius 3 is 3.00 bits per heavy atom. The van der Waals surface area contributed by atoms with E-state index in [0.29, 0.717) is 12.5 Å². The highest BCUT2D eigenvalue weighted by Crippen LogP contribution is 2.31. The van der Waals surface area contributed by atoms with E-state index in [0.717, 1.165) is 13.0 Å². The minimum atomic E-state index is -0.131. The van der Waals surface area contributed by atoms with Crippen molar-refractivity contribution in [2.75, 3.05) is 13.1 Å². The first-order chi connectivity index (χ1) is 7.68. The summed E-state index contributed by atoms with van der Waals surface area (Å²) in [7, 11) is 0. The molecule has 0 spiro atoms. The van der Waals surface area contributed by atoms with Crippen LogP contribution in [0.1, 0.15) is 25.8 Å². The summed E-state index contributed by atoms with van der Waals surface area (Å²) in [4.78, 5) is 10.7. The molecule has 1 atom stereocenters. The third-order valence-corrected chi connectivity index (χ3v) is 3.15. The summed E-state index contributed by atoms with van der Waals surface area (Å²) < 4.78 is 0. The fraction of sp³-hybridized carbons (Fsp3) is 0.500. The van der Waals surface area contributed by atoms with E-state index in [4.69, 9.17) is 5.73 Å². The van der Waals surface area contributed by atoms with E-state index in [1.807, 2.05) is 12.3 Å². The fourth-order valence-electron chi connectivity index (χ4n) is 2.17. The molecule has 2 rings (SSSR count). The van der Waals surface area contributed by atoms with Crippen LogP contribution in [0.4, 0.5) is 0 Å². The molecule has 16 heavy (non-hydrogen) atoms. The van der Waals surface area contributed by atoms with Crippen LogP contribution in [0.3, 0.4) is 0 Å². The normalized spacial score (nSPS) is 24.6.